The van der Waals surface area contributed by atoms with Crippen LogP contribution in [0.3, 0.4) is 0 Å². The van der Waals surface area contributed by atoms with Crippen LogP contribution in [0.5, 0.6) is 0 Å². The van der Waals surface area contributed by atoms with Crippen LogP contribution in [0.4, 0.5) is 17.6 Å². The minimum absolute atomic E-state index is 0.0462. The second-order valence-corrected chi connectivity index (χ2v) is 5.52. The summed E-state index contributed by atoms with van der Waals surface area (Å²) in [7, 11) is 0. The van der Waals surface area contributed by atoms with Crippen molar-refractivity contribution in [3.8, 4) is 0 Å². The predicted octanol–water partition coefficient (Wildman–Crippen LogP) is 2.83. The van der Waals surface area contributed by atoms with Crippen molar-refractivity contribution in [1.82, 2.24) is 4.90 Å². The van der Waals surface area contributed by atoms with Gasteiger partial charge in [-0.15, -0.1) is 0 Å². The molecule has 1 aliphatic rings. The van der Waals surface area contributed by atoms with E-state index in [9.17, 15) is 27.5 Å². The molecule has 1 aromatic rings. The molecule has 0 radical (unpaired) electrons. The van der Waals surface area contributed by atoms with Gasteiger partial charge in [-0.25, -0.2) is 4.39 Å². The van der Waals surface area contributed by atoms with Crippen LogP contribution in [-0.2, 0) is 6.18 Å². The van der Waals surface area contributed by atoms with E-state index in [0.29, 0.717) is 31.5 Å². The molecule has 0 aromatic heterocycles. The van der Waals surface area contributed by atoms with Crippen molar-refractivity contribution < 1.29 is 27.5 Å². The Morgan fingerprint density at radius 1 is 1.38 bits per heavy atom. The van der Waals surface area contributed by atoms with Gasteiger partial charge >= 0.3 is 6.18 Å². The molecule has 0 aliphatic carbocycles. The second-order valence-electron chi connectivity index (χ2n) is 5.52. The smallest absolute Gasteiger partial charge is 0.388 e. The van der Waals surface area contributed by atoms with Crippen molar-refractivity contribution >= 4 is 5.91 Å². The van der Waals surface area contributed by atoms with E-state index in [1.54, 1.807) is 6.92 Å². The molecule has 116 valence electrons. The van der Waals surface area contributed by atoms with Gasteiger partial charge in [0.05, 0.1) is 11.2 Å². The van der Waals surface area contributed by atoms with E-state index in [4.69, 9.17) is 0 Å². The number of aliphatic hydroxyl groups is 1. The second kappa shape index (κ2) is 5.29. The Morgan fingerprint density at radius 3 is 2.62 bits per heavy atom. The molecule has 1 aliphatic heterocycles. The number of carbonyl (C=O) groups excluding carboxylic acids is 1. The number of nitrogens with zero attached hydrogens (tertiary/aromatic N) is 1. The zero-order valence-corrected chi connectivity index (χ0v) is 11.4. The average Bonchev–Trinajstić information content (AvgIpc) is 2.36. The number of amides is 1. The first kappa shape index (κ1) is 15.8. The van der Waals surface area contributed by atoms with Crippen molar-refractivity contribution in [2.24, 2.45) is 0 Å². The molecule has 1 unspecified atom stereocenters. The summed E-state index contributed by atoms with van der Waals surface area (Å²) in [6.45, 7) is 1.97. The van der Waals surface area contributed by atoms with Gasteiger partial charge in [0.2, 0.25) is 0 Å². The number of β-amino-alcohol motifs (C(OH)–C–C–N with tert-alkyl or cyclic N) is 1. The fourth-order valence-electron chi connectivity index (χ4n) is 2.45. The summed E-state index contributed by atoms with van der Waals surface area (Å²) in [5.41, 5.74) is -2.75. The quantitative estimate of drug-likeness (QED) is 0.811. The van der Waals surface area contributed by atoms with Crippen LogP contribution in [0.15, 0.2) is 18.2 Å². The van der Waals surface area contributed by atoms with Crippen LogP contribution in [0.25, 0.3) is 0 Å². The maximum Gasteiger partial charge on any atom is 0.419 e. The minimum atomic E-state index is -4.85. The Bertz CT molecular complexity index is 554. The van der Waals surface area contributed by atoms with Gasteiger partial charge in [0, 0.05) is 18.7 Å². The van der Waals surface area contributed by atoms with Crippen LogP contribution < -0.4 is 0 Å². The lowest BCUT2D eigenvalue weighted by molar-refractivity contribution is -0.140. The molecule has 0 spiro atoms. The molecule has 1 saturated heterocycles. The number of benzene rings is 1. The number of hydrogen-bond donors (Lipinski definition) is 1. The van der Waals surface area contributed by atoms with E-state index >= 15 is 0 Å². The molecule has 1 aromatic carbocycles. The number of rotatable bonds is 1. The molecule has 1 N–H and O–H groups in total. The van der Waals surface area contributed by atoms with Crippen molar-refractivity contribution in [2.45, 2.75) is 31.5 Å². The lowest BCUT2D eigenvalue weighted by atomic mass is 9.94. The van der Waals surface area contributed by atoms with Crippen LogP contribution in [0.2, 0.25) is 0 Å². The summed E-state index contributed by atoms with van der Waals surface area (Å²) >= 11 is 0. The zero-order chi connectivity index (χ0) is 15.8. The van der Waals surface area contributed by atoms with E-state index in [-0.39, 0.29) is 12.1 Å². The lowest BCUT2D eigenvalue weighted by Crippen LogP contribution is -2.48. The molecule has 0 saturated carbocycles. The number of piperidine rings is 1. The number of carbonyl (C=O) groups is 1. The first-order chi connectivity index (χ1) is 9.60. The molecular weight excluding hydrogens is 290 g/mol. The van der Waals surface area contributed by atoms with Crippen molar-refractivity contribution in [3.05, 3.63) is 35.1 Å². The summed E-state index contributed by atoms with van der Waals surface area (Å²) in [6, 6.07) is 2.18. The SMILES string of the molecule is CC1(O)CCCN(C(=O)c2ccc(F)c(C(F)(F)F)c2)C1. The molecule has 1 amide bonds. The summed E-state index contributed by atoms with van der Waals surface area (Å²) in [4.78, 5) is 13.5. The Labute approximate surface area is 119 Å². The van der Waals surface area contributed by atoms with Gasteiger partial charge in [0.15, 0.2) is 0 Å². The topological polar surface area (TPSA) is 40.5 Å². The van der Waals surface area contributed by atoms with Gasteiger partial charge in [-0.05, 0) is 38.0 Å². The number of halogens is 4. The average molecular weight is 305 g/mol. The van der Waals surface area contributed by atoms with Gasteiger partial charge in [-0.2, -0.15) is 13.2 Å². The van der Waals surface area contributed by atoms with E-state index < -0.39 is 29.1 Å². The monoisotopic (exact) mass is 305 g/mol. The molecule has 7 heteroatoms. The van der Waals surface area contributed by atoms with E-state index in [1.807, 2.05) is 0 Å². The summed E-state index contributed by atoms with van der Waals surface area (Å²) in [5.74, 6) is -2.05. The number of hydrogen-bond acceptors (Lipinski definition) is 2. The molecule has 2 rings (SSSR count). The first-order valence-corrected chi connectivity index (χ1v) is 6.48. The Hall–Kier alpha value is -1.63. The summed E-state index contributed by atoms with van der Waals surface area (Å²) in [6.07, 6.45) is -3.77. The highest BCUT2D eigenvalue weighted by Gasteiger charge is 2.36. The normalized spacial score (nSPS) is 23.2. The lowest BCUT2D eigenvalue weighted by Gasteiger charge is -2.36. The molecular formula is C14H15F4NO2. The van der Waals surface area contributed by atoms with E-state index in [0.717, 1.165) is 6.07 Å². The van der Waals surface area contributed by atoms with Crippen LogP contribution in [-0.4, -0.2) is 34.6 Å². The summed E-state index contributed by atoms with van der Waals surface area (Å²) in [5, 5.41) is 9.93. The maximum absolute atomic E-state index is 13.2. The maximum atomic E-state index is 13.2. The predicted molar refractivity (Wildman–Crippen MR) is 67.2 cm³/mol. The van der Waals surface area contributed by atoms with Gasteiger partial charge < -0.3 is 10.0 Å². The zero-order valence-electron chi connectivity index (χ0n) is 11.4. The minimum Gasteiger partial charge on any atom is -0.388 e. The van der Waals surface area contributed by atoms with Crippen LogP contribution in [0, 0.1) is 5.82 Å². The van der Waals surface area contributed by atoms with Gasteiger partial charge in [0.25, 0.3) is 5.91 Å². The van der Waals surface area contributed by atoms with Crippen LogP contribution in [0.1, 0.15) is 35.7 Å². The molecule has 21 heavy (non-hydrogen) atoms. The highest BCUT2D eigenvalue weighted by molar-refractivity contribution is 5.94. The van der Waals surface area contributed by atoms with Crippen molar-refractivity contribution in [3.63, 3.8) is 0 Å². The molecule has 0 bridgehead atoms. The van der Waals surface area contributed by atoms with Crippen molar-refractivity contribution in [1.29, 1.82) is 0 Å². The largest absolute Gasteiger partial charge is 0.419 e. The summed E-state index contributed by atoms with van der Waals surface area (Å²) < 4.78 is 51.2. The third kappa shape index (κ3) is 3.53. The highest BCUT2D eigenvalue weighted by atomic mass is 19.4. The Balaban J connectivity index is 2.28. The van der Waals surface area contributed by atoms with Gasteiger partial charge in [-0.1, -0.05) is 0 Å². The molecule has 1 fully saturated rings. The van der Waals surface area contributed by atoms with Gasteiger partial charge in [-0.3, -0.25) is 4.79 Å². The Kier molecular flexibility index (Phi) is 3.97. The van der Waals surface area contributed by atoms with E-state index in [2.05, 4.69) is 0 Å². The number of alkyl halides is 3. The Morgan fingerprint density at radius 2 is 2.05 bits per heavy atom. The molecule has 1 atom stereocenters. The van der Waals surface area contributed by atoms with Crippen molar-refractivity contribution in [2.75, 3.05) is 13.1 Å². The third-order valence-corrected chi connectivity index (χ3v) is 3.48. The standard InChI is InChI=1S/C14H15F4NO2/c1-13(21)5-2-6-19(8-13)12(20)9-3-4-11(15)10(7-9)14(16,17)18/h3-4,7,21H,2,5-6,8H2,1H3. The number of likely N-dealkylation sites (tertiary alicyclic amines) is 1. The fourth-order valence-corrected chi connectivity index (χ4v) is 2.45. The fraction of sp³-hybridized carbons (Fsp3) is 0.500. The third-order valence-electron chi connectivity index (χ3n) is 3.48. The molecule has 1 heterocycles. The van der Waals surface area contributed by atoms with Gasteiger partial charge in [0.1, 0.15) is 5.82 Å². The van der Waals surface area contributed by atoms with E-state index in [1.165, 1.54) is 4.90 Å². The molecule has 3 nitrogen and oxygen atoms in total. The van der Waals surface area contributed by atoms with Crippen LogP contribution >= 0.6 is 0 Å². The first-order valence-electron chi connectivity index (χ1n) is 6.48. The highest BCUT2D eigenvalue weighted by Crippen LogP contribution is 2.32.